The van der Waals surface area contributed by atoms with Crippen molar-refractivity contribution in [3.05, 3.63) is 17.4 Å². The SMILES string of the molecule is CCCCCCNC(=O)c1cc(CCCCCC)c(S(N)(=O)=O)o1. The van der Waals surface area contributed by atoms with Crippen molar-refractivity contribution in [3.63, 3.8) is 0 Å². The molecule has 0 atom stereocenters. The van der Waals surface area contributed by atoms with Crippen LogP contribution in [0.2, 0.25) is 0 Å². The van der Waals surface area contributed by atoms with Crippen LogP contribution in [0.15, 0.2) is 15.6 Å². The third kappa shape index (κ3) is 7.05. The minimum Gasteiger partial charge on any atom is -0.438 e. The van der Waals surface area contributed by atoms with E-state index in [1.54, 1.807) is 0 Å². The predicted octanol–water partition coefficient (Wildman–Crippen LogP) is 3.36. The van der Waals surface area contributed by atoms with E-state index >= 15 is 0 Å². The van der Waals surface area contributed by atoms with Gasteiger partial charge in [0.05, 0.1) is 0 Å². The van der Waals surface area contributed by atoms with Gasteiger partial charge >= 0.3 is 0 Å². The topological polar surface area (TPSA) is 102 Å². The van der Waals surface area contributed by atoms with Crippen LogP contribution in [-0.4, -0.2) is 20.9 Å². The van der Waals surface area contributed by atoms with Crippen LogP contribution in [0, 0.1) is 0 Å². The number of amides is 1. The molecule has 0 saturated heterocycles. The second-order valence-electron chi connectivity index (χ2n) is 6.10. The van der Waals surface area contributed by atoms with Gasteiger partial charge in [0.25, 0.3) is 15.9 Å². The maximum absolute atomic E-state index is 12.1. The summed E-state index contributed by atoms with van der Waals surface area (Å²) >= 11 is 0. The highest BCUT2D eigenvalue weighted by atomic mass is 32.2. The highest BCUT2D eigenvalue weighted by Crippen LogP contribution is 2.22. The zero-order valence-corrected chi connectivity index (χ0v) is 15.6. The smallest absolute Gasteiger partial charge is 0.287 e. The third-order valence-electron chi connectivity index (χ3n) is 3.87. The zero-order chi connectivity index (χ0) is 18.0. The van der Waals surface area contributed by atoms with Crippen molar-refractivity contribution in [3.8, 4) is 0 Å². The van der Waals surface area contributed by atoms with Gasteiger partial charge in [-0.3, -0.25) is 4.79 Å². The Balaban J connectivity index is 2.70. The highest BCUT2D eigenvalue weighted by molar-refractivity contribution is 7.89. The second-order valence-corrected chi connectivity index (χ2v) is 7.56. The van der Waals surface area contributed by atoms with Crippen LogP contribution in [0.3, 0.4) is 0 Å². The molecule has 0 saturated carbocycles. The largest absolute Gasteiger partial charge is 0.438 e. The molecule has 0 unspecified atom stereocenters. The first kappa shape index (κ1) is 20.7. The monoisotopic (exact) mass is 358 g/mol. The number of sulfonamides is 1. The van der Waals surface area contributed by atoms with Crippen LogP contribution in [0.1, 0.15) is 81.3 Å². The minimum atomic E-state index is -3.97. The Morgan fingerprint density at radius 3 is 2.29 bits per heavy atom. The molecule has 1 rings (SSSR count). The molecule has 0 aliphatic rings. The van der Waals surface area contributed by atoms with E-state index in [1.165, 1.54) is 6.07 Å². The summed E-state index contributed by atoms with van der Waals surface area (Å²) in [5, 5.41) is 7.68. The number of rotatable bonds is 12. The number of carbonyl (C=O) groups excluding carboxylic acids is 1. The highest BCUT2D eigenvalue weighted by Gasteiger charge is 2.23. The first-order valence-electron chi connectivity index (χ1n) is 8.83. The van der Waals surface area contributed by atoms with Crippen LogP contribution in [0.5, 0.6) is 0 Å². The molecule has 138 valence electrons. The van der Waals surface area contributed by atoms with Gasteiger partial charge in [0.2, 0.25) is 5.09 Å². The maximum atomic E-state index is 12.1. The normalized spacial score (nSPS) is 11.6. The van der Waals surface area contributed by atoms with Gasteiger partial charge in [0.1, 0.15) is 0 Å². The van der Waals surface area contributed by atoms with E-state index in [2.05, 4.69) is 19.2 Å². The van der Waals surface area contributed by atoms with E-state index in [9.17, 15) is 13.2 Å². The van der Waals surface area contributed by atoms with Crippen molar-refractivity contribution in [2.24, 2.45) is 5.14 Å². The Morgan fingerprint density at radius 2 is 1.71 bits per heavy atom. The number of carbonyl (C=O) groups is 1. The number of furan rings is 1. The van der Waals surface area contributed by atoms with Crippen LogP contribution in [-0.2, 0) is 16.4 Å². The predicted molar refractivity (Wildman–Crippen MR) is 94.4 cm³/mol. The van der Waals surface area contributed by atoms with E-state index < -0.39 is 15.9 Å². The summed E-state index contributed by atoms with van der Waals surface area (Å²) < 4.78 is 28.6. The lowest BCUT2D eigenvalue weighted by Crippen LogP contribution is -2.24. The zero-order valence-electron chi connectivity index (χ0n) is 14.8. The summed E-state index contributed by atoms with van der Waals surface area (Å²) in [7, 11) is -3.97. The van der Waals surface area contributed by atoms with Crippen molar-refractivity contribution in [1.82, 2.24) is 5.32 Å². The van der Waals surface area contributed by atoms with Crippen molar-refractivity contribution in [1.29, 1.82) is 0 Å². The fraction of sp³-hybridized carbons (Fsp3) is 0.706. The van der Waals surface area contributed by atoms with E-state index in [0.29, 0.717) is 18.5 Å². The Hall–Kier alpha value is -1.34. The minimum absolute atomic E-state index is 0.0139. The molecule has 0 aliphatic carbocycles. The van der Waals surface area contributed by atoms with Gasteiger partial charge in [-0.05, 0) is 25.3 Å². The summed E-state index contributed by atoms with van der Waals surface area (Å²) in [6.07, 6.45) is 8.79. The molecule has 24 heavy (non-hydrogen) atoms. The molecule has 0 radical (unpaired) electrons. The van der Waals surface area contributed by atoms with Gasteiger partial charge in [-0.25, -0.2) is 13.6 Å². The molecule has 1 amide bonds. The number of nitrogens with two attached hydrogens (primary N) is 1. The lowest BCUT2D eigenvalue weighted by molar-refractivity contribution is 0.0920. The average Bonchev–Trinajstić information content (AvgIpc) is 2.96. The van der Waals surface area contributed by atoms with Gasteiger partial charge in [-0.15, -0.1) is 0 Å². The lowest BCUT2D eigenvalue weighted by atomic mass is 10.1. The molecule has 0 bridgehead atoms. The molecule has 0 aliphatic heterocycles. The van der Waals surface area contributed by atoms with Crippen molar-refractivity contribution >= 4 is 15.9 Å². The van der Waals surface area contributed by atoms with E-state index in [0.717, 1.165) is 51.4 Å². The van der Waals surface area contributed by atoms with Crippen molar-refractivity contribution in [2.45, 2.75) is 76.7 Å². The van der Waals surface area contributed by atoms with Crippen LogP contribution in [0.25, 0.3) is 0 Å². The molecular formula is C17H30N2O4S. The Labute approximate surface area is 145 Å². The summed E-state index contributed by atoms with van der Waals surface area (Å²) in [4.78, 5) is 12.1. The summed E-state index contributed by atoms with van der Waals surface area (Å²) in [5.74, 6) is -0.379. The molecular weight excluding hydrogens is 328 g/mol. The number of primary sulfonamides is 1. The molecule has 0 aromatic carbocycles. The second kappa shape index (κ2) is 10.5. The number of hydrogen-bond acceptors (Lipinski definition) is 4. The van der Waals surface area contributed by atoms with Gasteiger partial charge in [-0.1, -0.05) is 52.4 Å². The standard InChI is InChI=1S/C17H30N2O4S/c1-3-5-7-9-11-14-13-15(23-17(14)24(18,21)22)16(20)19-12-10-8-6-4-2/h13H,3-12H2,1-2H3,(H,19,20)(H2,18,21,22). The fourth-order valence-electron chi connectivity index (χ4n) is 2.52. The third-order valence-corrected chi connectivity index (χ3v) is 4.73. The molecule has 0 spiro atoms. The molecule has 3 N–H and O–H groups in total. The molecule has 1 heterocycles. The van der Waals surface area contributed by atoms with Crippen LogP contribution >= 0.6 is 0 Å². The Morgan fingerprint density at radius 1 is 1.08 bits per heavy atom. The molecule has 6 nitrogen and oxygen atoms in total. The molecule has 0 fully saturated rings. The number of nitrogens with one attached hydrogen (secondary N) is 1. The number of hydrogen-bond donors (Lipinski definition) is 2. The van der Waals surface area contributed by atoms with Gasteiger partial charge in [-0.2, -0.15) is 0 Å². The first-order valence-corrected chi connectivity index (χ1v) is 10.4. The average molecular weight is 359 g/mol. The molecule has 1 aromatic rings. The van der Waals surface area contributed by atoms with E-state index in [4.69, 9.17) is 9.56 Å². The van der Waals surface area contributed by atoms with E-state index in [1.807, 2.05) is 0 Å². The van der Waals surface area contributed by atoms with Crippen LogP contribution < -0.4 is 10.5 Å². The summed E-state index contributed by atoms with van der Waals surface area (Å²) in [6, 6.07) is 1.51. The summed E-state index contributed by atoms with van der Waals surface area (Å²) in [5.41, 5.74) is 0.490. The first-order chi connectivity index (χ1) is 11.4. The van der Waals surface area contributed by atoms with Crippen LogP contribution in [0.4, 0.5) is 0 Å². The van der Waals surface area contributed by atoms with Gasteiger partial charge < -0.3 is 9.73 Å². The Kier molecular flexibility index (Phi) is 9.07. The van der Waals surface area contributed by atoms with Gasteiger partial charge in [0, 0.05) is 12.1 Å². The number of aryl methyl sites for hydroxylation is 1. The van der Waals surface area contributed by atoms with E-state index in [-0.39, 0.29) is 10.9 Å². The fourth-order valence-corrected chi connectivity index (χ4v) is 3.25. The molecule has 7 heteroatoms. The molecule has 1 aromatic heterocycles. The summed E-state index contributed by atoms with van der Waals surface area (Å²) in [6.45, 7) is 4.78. The maximum Gasteiger partial charge on any atom is 0.287 e. The van der Waals surface area contributed by atoms with Crippen molar-refractivity contribution < 1.29 is 17.6 Å². The number of unbranched alkanes of at least 4 members (excludes halogenated alkanes) is 6. The Bertz CT molecular complexity index is 608. The van der Waals surface area contributed by atoms with Gasteiger partial charge in [0.15, 0.2) is 5.76 Å². The quantitative estimate of drug-likeness (QED) is 0.559. The lowest BCUT2D eigenvalue weighted by Gasteiger charge is -2.02. The van der Waals surface area contributed by atoms with Crippen molar-refractivity contribution in [2.75, 3.05) is 6.54 Å².